The van der Waals surface area contributed by atoms with Crippen molar-refractivity contribution in [2.45, 2.75) is 45.2 Å². The van der Waals surface area contributed by atoms with Crippen molar-refractivity contribution in [1.29, 1.82) is 0 Å². The van der Waals surface area contributed by atoms with Gasteiger partial charge in [0.25, 0.3) is 0 Å². The lowest BCUT2D eigenvalue weighted by molar-refractivity contribution is 0.365. The summed E-state index contributed by atoms with van der Waals surface area (Å²) in [6.45, 7) is 2.97. The van der Waals surface area contributed by atoms with E-state index in [0.29, 0.717) is 6.04 Å². The molecule has 3 rings (SSSR count). The third-order valence-electron chi connectivity index (χ3n) is 4.48. The van der Waals surface area contributed by atoms with Gasteiger partial charge in [-0.1, -0.05) is 43.2 Å². The molecule has 0 aliphatic heterocycles. The standard InChI is InChI=1S/C17H23N3/c1-13-16(12-19-20-13)11-18-17(15-9-5-6-10-15)14-7-3-2-4-8-14/h2-4,7-8,12,15,17-18H,5-6,9-11H2,1H3,(H,19,20)/t17-/m0/s1. The van der Waals surface area contributed by atoms with Gasteiger partial charge in [0, 0.05) is 23.8 Å². The molecule has 1 aliphatic rings. The Hall–Kier alpha value is -1.61. The number of aromatic amines is 1. The number of nitrogens with one attached hydrogen (secondary N) is 2. The molecule has 1 atom stereocenters. The molecule has 0 amide bonds. The monoisotopic (exact) mass is 269 g/mol. The van der Waals surface area contributed by atoms with E-state index < -0.39 is 0 Å². The fraction of sp³-hybridized carbons (Fsp3) is 0.471. The molecule has 1 aliphatic carbocycles. The average Bonchev–Trinajstić information content (AvgIpc) is 3.13. The van der Waals surface area contributed by atoms with E-state index in [1.807, 2.05) is 6.20 Å². The van der Waals surface area contributed by atoms with Crippen LogP contribution in [0.1, 0.15) is 48.5 Å². The Morgan fingerprint density at radius 3 is 2.65 bits per heavy atom. The number of aryl methyl sites for hydroxylation is 1. The molecule has 20 heavy (non-hydrogen) atoms. The van der Waals surface area contributed by atoms with Crippen LogP contribution < -0.4 is 5.32 Å². The Kier molecular flexibility index (Phi) is 4.16. The van der Waals surface area contributed by atoms with E-state index in [-0.39, 0.29) is 0 Å². The van der Waals surface area contributed by atoms with E-state index >= 15 is 0 Å². The van der Waals surface area contributed by atoms with E-state index in [9.17, 15) is 0 Å². The number of rotatable bonds is 5. The van der Waals surface area contributed by atoms with Gasteiger partial charge in [-0.05, 0) is 31.2 Å². The van der Waals surface area contributed by atoms with E-state index in [1.54, 1.807) is 0 Å². The topological polar surface area (TPSA) is 40.7 Å². The first-order valence-corrected chi connectivity index (χ1v) is 7.62. The van der Waals surface area contributed by atoms with Crippen molar-refractivity contribution in [3.63, 3.8) is 0 Å². The van der Waals surface area contributed by atoms with Crippen LogP contribution in [0.15, 0.2) is 36.5 Å². The molecule has 1 aromatic heterocycles. The van der Waals surface area contributed by atoms with Gasteiger partial charge in [-0.15, -0.1) is 0 Å². The van der Waals surface area contributed by atoms with Crippen LogP contribution in [0.25, 0.3) is 0 Å². The van der Waals surface area contributed by atoms with Gasteiger partial charge in [0.15, 0.2) is 0 Å². The molecule has 3 nitrogen and oxygen atoms in total. The largest absolute Gasteiger partial charge is 0.305 e. The molecule has 0 unspecified atom stereocenters. The van der Waals surface area contributed by atoms with Crippen molar-refractivity contribution in [3.8, 4) is 0 Å². The zero-order valence-electron chi connectivity index (χ0n) is 12.1. The van der Waals surface area contributed by atoms with Crippen molar-refractivity contribution in [3.05, 3.63) is 53.3 Å². The molecule has 1 aromatic carbocycles. The summed E-state index contributed by atoms with van der Waals surface area (Å²) in [5.74, 6) is 0.768. The normalized spacial score (nSPS) is 17.4. The van der Waals surface area contributed by atoms with Gasteiger partial charge in [0.05, 0.1) is 6.20 Å². The first-order valence-electron chi connectivity index (χ1n) is 7.62. The SMILES string of the molecule is Cc1[nH]ncc1CN[C@@H](c1ccccc1)C1CCCC1. The van der Waals surface area contributed by atoms with E-state index in [2.05, 4.69) is 52.8 Å². The minimum Gasteiger partial charge on any atom is -0.305 e. The van der Waals surface area contributed by atoms with Gasteiger partial charge in [0.2, 0.25) is 0 Å². The summed E-state index contributed by atoms with van der Waals surface area (Å²) in [5.41, 5.74) is 3.85. The Balaban J connectivity index is 1.74. The molecule has 0 saturated heterocycles. The second-order valence-electron chi connectivity index (χ2n) is 5.83. The van der Waals surface area contributed by atoms with Crippen LogP contribution in [0.4, 0.5) is 0 Å². The minimum absolute atomic E-state index is 0.466. The van der Waals surface area contributed by atoms with Crippen molar-refractivity contribution in [2.24, 2.45) is 5.92 Å². The van der Waals surface area contributed by atoms with Crippen LogP contribution in [0, 0.1) is 12.8 Å². The van der Waals surface area contributed by atoms with Crippen LogP contribution in [0.5, 0.6) is 0 Å². The summed E-state index contributed by atoms with van der Waals surface area (Å²) >= 11 is 0. The molecule has 0 spiro atoms. The summed E-state index contributed by atoms with van der Waals surface area (Å²) in [5, 5.41) is 10.9. The fourth-order valence-electron chi connectivity index (χ4n) is 3.28. The molecule has 2 aromatic rings. The van der Waals surface area contributed by atoms with Gasteiger partial charge in [-0.25, -0.2) is 0 Å². The summed E-state index contributed by atoms with van der Waals surface area (Å²) < 4.78 is 0. The first kappa shape index (κ1) is 13.4. The molecule has 0 bridgehead atoms. The number of hydrogen-bond donors (Lipinski definition) is 2. The Morgan fingerprint density at radius 2 is 2.00 bits per heavy atom. The molecule has 106 valence electrons. The van der Waals surface area contributed by atoms with Crippen molar-refractivity contribution < 1.29 is 0 Å². The summed E-state index contributed by atoms with van der Waals surface area (Å²) in [6.07, 6.45) is 7.37. The average molecular weight is 269 g/mol. The zero-order valence-corrected chi connectivity index (χ0v) is 12.1. The fourth-order valence-corrected chi connectivity index (χ4v) is 3.28. The van der Waals surface area contributed by atoms with Crippen molar-refractivity contribution in [1.82, 2.24) is 15.5 Å². The number of hydrogen-bond acceptors (Lipinski definition) is 2. The molecule has 1 fully saturated rings. The molecule has 1 heterocycles. The van der Waals surface area contributed by atoms with Gasteiger partial charge >= 0.3 is 0 Å². The van der Waals surface area contributed by atoms with Crippen LogP contribution in [0.3, 0.4) is 0 Å². The maximum atomic E-state index is 4.10. The van der Waals surface area contributed by atoms with Crippen LogP contribution in [-0.2, 0) is 6.54 Å². The predicted octanol–water partition coefficient (Wildman–Crippen LogP) is 3.74. The highest BCUT2D eigenvalue weighted by Gasteiger charge is 2.25. The third-order valence-corrected chi connectivity index (χ3v) is 4.48. The molecule has 1 saturated carbocycles. The Bertz CT molecular complexity index is 526. The molecule has 3 heteroatoms. The van der Waals surface area contributed by atoms with Crippen molar-refractivity contribution >= 4 is 0 Å². The van der Waals surface area contributed by atoms with Crippen LogP contribution in [-0.4, -0.2) is 10.2 Å². The second kappa shape index (κ2) is 6.23. The van der Waals surface area contributed by atoms with E-state index in [4.69, 9.17) is 0 Å². The maximum absolute atomic E-state index is 4.10. The second-order valence-corrected chi connectivity index (χ2v) is 5.83. The van der Waals surface area contributed by atoms with Crippen LogP contribution in [0.2, 0.25) is 0 Å². The number of aromatic nitrogens is 2. The predicted molar refractivity (Wildman–Crippen MR) is 81.3 cm³/mol. The minimum atomic E-state index is 0.466. The first-order chi connectivity index (χ1) is 9.84. The van der Waals surface area contributed by atoms with Gasteiger partial charge in [-0.3, -0.25) is 5.10 Å². The van der Waals surface area contributed by atoms with Crippen molar-refractivity contribution in [2.75, 3.05) is 0 Å². The Labute approximate surface area is 120 Å². The van der Waals surface area contributed by atoms with E-state index in [1.165, 1.54) is 36.8 Å². The lowest BCUT2D eigenvalue weighted by Gasteiger charge is -2.25. The van der Waals surface area contributed by atoms with Gasteiger partial charge in [0.1, 0.15) is 0 Å². The summed E-state index contributed by atoms with van der Waals surface area (Å²) in [6, 6.07) is 11.3. The number of benzene rings is 1. The lowest BCUT2D eigenvalue weighted by Crippen LogP contribution is -2.27. The quantitative estimate of drug-likeness (QED) is 0.868. The highest BCUT2D eigenvalue weighted by molar-refractivity contribution is 5.21. The molecule has 0 radical (unpaired) electrons. The maximum Gasteiger partial charge on any atom is 0.0535 e. The smallest absolute Gasteiger partial charge is 0.0535 e. The highest BCUT2D eigenvalue weighted by Crippen LogP contribution is 2.35. The Morgan fingerprint density at radius 1 is 1.25 bits per heavy atom. The molecular formula is C17H23N3. The van der Waals surface area contributed by atoms with Gasteiger partial charge < -0.3 is 5.32 Å². The molecule has 2 N–H and O–H groups in total. The van der Waals surface area contributed by atoms with Crippen LogP contribution >= 0.6 is 0 Å². The number of H-pyrrole nitrogens is 1. The highest BCUT2D eigenvalue weighted by atomic mass is 15.1. The number of nitrogens with zero attached hydrogens (tertiary/aromatic N) is 1. The zero-order chi connectivity index (χ0) is 13.8. The summed E-state index contributed by atoms with van der Waals surface area (Å²) in [4.78, 5) is 0. The molecular weight excluding hydrogens is 246 g/mol. The van der Waals surface area contributed by atoms with Gasteiger partial charge in [-0.2, -0.15) is 5.10 Å². The summed E-state index contributed by atoms with van der Waals surface area (Å²) in [7, 11) is 0. The van der Waals surface area contributed by atoms with E-state index in [0.717, 1.165) is 18.2 Å². The lowest BCUT2D eigenvalue weighted by atomic mass is 9.91. The third kappa shape index (κ3) is 2.93.